The standard InChI is InChI=1S/C38H49N7O2/c1-21-12-27(16-41-15-21)42-36-34-30-19-46-18-29(30)33(32-24(4)9-8-23(3)31(32)28(14-39)26(6)40)25(5)35(34)43-37(44-36)47-20-38-10-7-11-45(38)17-22(2)13-38/h8-9,21-22,27,41H,7,10-13,15-20,40H2,1-6H3,(H,42,43,44)/b28-26+/t21?,22-,27?,38+/m1/s1. The highest BCUT2D eigenvalue weighted by molar-refractivity contribution is 6.03. The summed E-state index contributed by atoms with van der Waals surface area (Å²) in [6.07, 6.45) is 4.58. The number of anilines is 1. The maximum absolute atomic E-state index is 10.3. The van der Waals surface area contributed by atoms with Crippen LogP contribution in [0.3, 0.4) is 0 Å². The van der Waals surface area contributed by atoms with Crippen molar-refractivity contribution in [1.29, 1.82) is 5.26 Å². The van der Waals surface area contributed by atoms with Crippen molar-refractivity contribution in [3.8, 4) is 23.2 Å². The number of aryl methyl sites for hydroxylation is 3. The molecule has 2 unspecified atom stereocenters. The molecule has 248 valence electrons. The van der Waals surface area contributed by atoms with Gasteiger partial charge in [0.15, 0.2) is 0 Å². The third kappa shape index (κ3) is 5.54. The number of allylic oxidation sites excluding steroid dienone is 2. The van der Waals surface area contributed by atoms with Crippen molar-refractivity contribution in [2.24, 2.45) is 17.6 Å². The molecular formula is C38H49N7O2. The lowest BCUT2D eigenvalue weighted by molar-refractivity contribution is 0.108. The van der Waals surface area contributed by atoms with Crippen LogP contribution in [0.5, 0.6) is 6.01 Å². The van der Waals surface area contributed by atoms with Gasteiger partial charge in [0, 0.05) is 35.8 Å². The van der Waals surface area contributed by atoms with E-state index in [4.69, 9.17) is 25.2 Å². The molecule has 3 aromatic rings. The van der Waals surface area contributed by atoms with Crippen LogP contribution in [-0.4, -0.2) is 59.2 Å². The van der Waals surface area contributed by atoms with E-state index in [1.54, 1.807) is 6.92 Å². The van der Waals surface area contributed by atoms with Crippen LogP contribution in [-0.2, 0) is 18.0 Å². The molecule has 9 heteroatoms. The van der Waals surface area contributed by atoms with Crippen molar-refractivity contribution in [3.05, 3.63) is 51.2 Å². The molecule has 4 atom stereocenters. The summed E-state index contributed by atoms with van der Waals surface area (Å²) in [5.74, 6) is 2.05. The number of nitriles is 1. The normalized spacial score (nSPS) is 26.2. The fraction of sp³-hybridized carbons (Fsp3) is 0.553. The molecule has 7 rings (SSSR count). The average molecular weight is 636 g/mol. The van der Waals surface area contributed by atoms with Crippen LogP contribution >= 0.6 is 0 Å². The van der Waals surface area contributed by atoms with E-state index in [2.05, 4.69) is 68.4 Å². The van der Waals surface area contributed by atoms with Gasteiger partial charge in [-0.2, -0.15) is 15.2 Å². The van der Waals surface area contributed by atoms with Crippen LogP contribution in [0.4, 0.5) is 5.82 Å². The summed E-state index contributed by atoms with van der Waals surface area (Å²) in [5.41, 5.74) is 16.6. The van der Waals surface area contributed by atoms with E-state index in [0.29, 0.717) is 48.9 Å². The first-order valence-corrected chi connectivity index (χ1v) is 17.4. The zero-order chi connectivity index (χ0) is 33.0. The number of nitrogens with zero attached hydrogens (tertiary/aromatic N) is 4. The van der Waals surface area contributed by atoms with Crippen LogP contribution in [0.15, 0.2) is 17.8 Å². The molecule has 1 aromatic heterocycles. The Balaban J connectivity index is 1.43. The molecule has 4 N–H and O–H groups in total. The van der Waals surface area contributed by atoms with Crippen LogP contribution in [0.25, 0.3) is 27.6 Å². The third-order valence-corrected chi connectivity index (χ3v) is 11.1. The van der Waals surface area contributed by atoms with Crippen LogP contribution in [0.1, 0.15) is 79.8 Å². The van der Waals surface area contributed by atoms with E-state index < -0.39 is 0 Å². The van der Waals surface area contributed by atoms with Gasteiger partial charge in [0.25, 0.3) is 0 Å². The Morgan fingerprint density at radius 3 is 2.68 bits per heavy atom. The molecule has 0 aliphatic carbocycles. The molecule has 4 aliphatic heterocycles. The van der Waals surface area contributed by atoms with E-state index >= 15 is 0 Å². The largest absolute Gasteiger partial charge is 0.461 e. The van der Waals surface area contributed by atoms with E-state index in [-0.39, 0.29) is 11.6 Å². The maximum Gasteiger partial charge on any atom is 0.319 e. The van der Waals surface area contributed by atoms with Crippen molar-refractivity contribution in [2.75, 3.05) is 38.1 Å². The lowest BCUT2D eigenvalue weighted by atomic mass is 9.82. The van der Waals surface area contributed by atoms with Gasteiger partial charge in [-0.25, -0.2) is 0 Å². The second kappa shape index (κ2) is 12.4. The minimum atomic E-state index is 0.0632. The monoisotopic (exact) mass is 635 g/mol. The Kier molecular flexibility index (Phi) is 8.40. The summed E-state index contributed by atoms with van der Waals surface area (Å²) in [7, 11) is 0. The van der Waals surface area contributed by atoms with Gasteiger partial charge in [-0.05, 0) is 117 Å². The van der Waals surface area contributed by atoms with Crippen molar-refractivity contribution in [1.82, 2.24) is 20.2 Å². The molecule has 3 fully saturated rings. The number of fused-ring (bicyclic) bond motifs is 4. The quantitative estimate of drug-likeness (QED) is 0.263. The van der Waals surface area contributed by atoms with Gasteiger partial charge in [-0.15, -0.1) is 0 Å². The molecule has 9 nitrogen and oxygen atoms in total. The molecule has 0 radical (unpaired) electrons. The van der Waals surface area contributed by atoms with E-state index in [1.807, 2.05) is 0 Å². The Bertz CT molecular complexity index is 1810. The SMILES string of the molecule is C/C(N)=C(/C#N)c1c(C)ccc(C)c1-c1c2c(c3c(NC4CNCC(C)C4)nc(OC[C@@]45CCCN4C[C@H](C)C5)nc3c1C)COC2. The summed E-state index contributed by atoms with van der Waals surface area (Å²) < 4.78 is 12.9. The summed E-state index contributed by atoms with van der Waals surface area (Å²) >= 11 is 0. The highest BCUT2D eigenvalue weighted by atomic mass is 16.5. The second-order valence-electron chi connectivity index (χ2n) is 14.9. The van der Waals surface area contributed by atoms with Crippen LogP contribution in [0.2, 0.25) is 0 Å². The first-order valence-electron chi connectivity index (χ1n) is 17.4. The fourth-order valence-corrected chi connectivity index (χ4v) is 9.00. The Morgan fingerprint density at radius 1 is 1.13 bits per heavy atom. The Labute approximate surface area is 278 Å². The van der Waals surface area contributed by atoms with E-state index in [1.165, 1.54) is 6.42 Å². The first kappa shape index (κ1) is 31.9. The van der Waals surface area contributed by atoms with Crippen molar-refractivity contribution in [2.45, 2.75) is 92.0 Å². The number of hydrogen-bond donors (Lipinski definition) is 3. The topological polar surface area (TPSA) is 121 Å². The van der Waals surface area contributed by atoms with Gasteiger partial charge in [0.2, 0.25) is 0 Å². The second-order valence-corrected chi connectivity index (χ2v) is 14.9. The van der Waals surface area contributed by atoms with Gasteiger partial charge in [0.05, 0.1) is 29.8 Å². The fourth-order valence-electron chi connectivity index (χ4n) is 9.00. The number of rotatable bonds is 7. The van der Waals surface area contributed by atoms with Gasteiger partial charge >= 0.3 is 6.01 Å². The molecular weight excluding hydrogens is 586 g/mol. The molecule has 0 bridgehead atoms. The van der Waals surface area contributed by atoms with Gasteiger partial charge < -0.3 is 25.8 Å². The van der Waals surface area contributed by atoms with Crippen LogP contribution < -0.4 is 21.1 Å². The summed E-state index contributed by atoms with van der Waals surface area (Å²) in [6.45, 7) is 18.5. The molecule has 0 spiro atoms. The maximum atomic E-state index is 10.3. The zero-order valence-corrected chi connectivity index (χ0v) is 28.8. The molecule has 0 amide bonds. The van der Waals surface area contributed by atoms with Gasteiger partial charge in [0.1, 0.15) is 18.5 Å². The number of benzene rings is 2. The van der Waals surface area contributed by atoms with Crippen molar-refractivity contribution in [3.63, 3.8) is 0 Å². The molecule has 5 heterocycles. The minimum absolute atomic E-state index is 0.0632. The Morgan fingerprint density at radius 2 is 1.91 bits per heavy atom. The molecule has 2 aromatic carbocycles. The summed E-state index contributed by atoms with van der Waals surface area (Å²) in [6, 6.07) is 7.28. The van der Waals surface area contributed by atoms with Gasteiger partial charge in [-0.3, -0.25) is 4.90 Å². The third-order valence-electron chi connectivity index (χ3n) is 11.1. The minimum Gasteiger partial charge on any atom is -0.461 e. The molecule has 4 aliphatic rings. The summed E-state index contributed by atoms with van der Waals surface area (Å²) in [5, 5.41) is 18.7. The van der Waals surface area contributed by atoms with Crippen molar-refractivity contribution < 1.29 is 9.47 Å². The van der Waals surface area contributed by atoms with Gasteiger partial charge in [-0.1, -0.05) is 26.0 Å². The van der Waals surface area contributed by atoms with Crippen molar-refractivity contribution >= 4 is 22.3 Å². The zero-order valence-electron chi connectivity index (χ0n) is 28.8. The van der Waals surface area contributed by atoms with E-state index in [9.17, 15) is 5.26 Å². The highest BCUT2D eigenvalue weighted by Gasteiger charge is 2.48. The molecule has 47 heavy (non-hydrogen) atoms. The number of aromatic nitrogens is 2. The first-order chi connectivity index (χ1) is 22.6. The molecule has 3 saturated heterocycles. The summed E-state index contributed by atoms with van der Waals surface area (Å²) in [4.78, 5) is 13.0. The number of ether oxygens (including phenoxy) is 2. The lowest BCUT2D eigenvalue weighted by Gasteiger charge is -2.32. The smallest absolute Gasteiger partial charge is 0.319 e. The van der Waals surface area contributed by atoms with E-state index in [0.717, 1.165) is 107 Å². The Hall–Kier alpha value is -3.71. The molecule has 0 saturated carbocycles. The van der Waals surface area contributed by atoms with Crippen LogP contribution in [0, 0.1) is 43.9 Å². The number of piperidine rings is 1. The predicted molar refractivity (Wildman–Crippen MR) is 187 cm³/mol. The number of nitrogens with two attached hydrogens (primary N) is 1. The average Bonchev–Trinajstić information content (AvgIpc) is 3.73. The number of nitrogens with one attached hydrogen (secondary N) is 2. The predicted octanol–water partition coefficient (Wildman–Crippen LogP) is 6.13. The highest BCUT2D eigenvalue weighted by Crippen LogP contribution is 2.47. The lowest BCUT2D eigenvalue weighted by Crippen LogP contribution is -2.43. The number of hydrogen-bond acceptors (Lipinski definition) is 9.